The van der Waals surface area contributed by atoms with Gasteiger partial charge in [-0.2, -0.15) is 0 Å². The highest BCUT2D eigenvalue weighted by molar-refractivity contribution is 5.85. The molecule has 0 aromatic rings. The Bertz CT molecular complexity index is 277. The maximum absolute atomic E-state index is 12.1. The summed E-state index contributed by atoms with van der Waals surface area (Å²) in [5.41, 5.74) is -0.470. The maximum Gasteiger partial charge on any atom is 0.254 e. The third-order valence-corrected chi connectivity index (χ3v) is 3.61. The number of methoxy groups -OCH3 is 1. The predicted octanol–water partition coefficient (Wildman–Crippen LogP) is 1.00. The van der Waals surface area contributed by atoms with Gasteiger partial charge in [0.25, 0.3) is 5.91 Å². The van der Waals surface area contributed by atoms with Gasteiger partial charge in [0.05, 0.1) is 12.6 Å². The number of nitrogens with zero attached hydrogens (tertiary/aromatic N) is 1. The van der Waals surface area contributed by atoms with Gasteiger partial charge in [0, 0.05) is 13.0 Å². The second-order valence-corrected chi connectivity index (χ2v) is 4.76. The van der Waals surface area contributed by atoms with Gasteiger partial charge in [-0.1, -0.05) is 6.92 Å². The number of hydrogen-bond acceptors (Lipinski definition) is 3. The Kier molecular flexibility index (Phi) is 2.51. The highest BCUT2D eigenvalue weighted by Gasteiger charge is 2.56. The van der Waals surface area contributed by atoms with E-state index in [2.05, 4.69) is 6.92 Å². The van der Waals surface area contributed by atoms with E-state index in [1.807, 2.05) is 18.7 Å². The fourth-order valence-corrected chi connectivity index (χ4v) is 2.86. The van der Waals surface area contributed by atoms with E-state index in [1.54, 1.807) is 7.11 Å². The van der Waals surface area contributed by atoms with Crippen molar-refractivity contribution in [1.82, 2.24) is 4.90 Å². The highest BCUT2D eigenvalue weighted by Crippen LogP contribution is 2.40. The Morgan fingerprint density at radius 3 is 2.80 bits per heavy atom. The van der Waals surface area contributed by atoms with Gasteiger partial charge in [-0.15, -0.1) is 0 Å². The van der Waals surface area contributed by atoms with E-state index in [0.29, 0.717) is 6.61 Å². The van der Waals surface area contributed by atoms with Crippen LogP contribution in [0.5, 0.6) is 0 Å². The molecule has 15 heavy (non-hydrogen) atoms. The van der Waals surface area contributed by atoms with Crippen LogP contribution in [0.15, 0.2) is 0 Å². The Labute approximate surface area is 90.5 Å². The first kappa shape index (κ1) is 10.9. The van der Waals surface area contributed by atoms with Crippen LogP contribution < -0.4 is 0 Å². The van der Waals surface area contributed by atoms with Crippen molar-refractivity contribution in [2.75, 3.05) is 13.7 Å². The Balaban J connectivity index is 2.30. The van der Waals surface area contributed by atoms with Gasteiger partial charge in [0.1, 0.15) is 11.8 Å². The molecule has 0 aliphatic carbocycles. The zero-order valence-electron chi connectivity index (χ0n) is 9.82. The topological polar surface area (TPSA) is 38.8 Å². The minimum atomic E-state index is -0.470. The first-order chi connectivity index (χ1) is 7.03. The molecule has 0 radical (unpaired) electrons. The van der Waals surface area contributed by atoms with E-state index in [0.717, 1.165) is 6.42 Å². The molecule has 2 aliphatic heterocycles. The molecular formula is C11H19NO3. The summed E-state index contributed by atoms with van der Waals surface area (Å²) in [4.78, 5) is 14.0. The lowest BCUT2D eigenvalue weighted by Crippen LogP contribution is -2.45. The van der Waals surface area contributed by atoms with Gasteiger partial charge in [0.15, 0.2) is 0 Å². The average molecular weight is 213 g/mol. The minimum absolute atomic E-state index is 0.0804. The van der Waals surface area contributed by atoms with Crippen molar-refractivity contribution in [2.45, 2.75) is 45.1 Å². The summed E-state index contributed by atoms with van der Waals surface area (Å²) >= 11 is 0. The lowest BCUT2D eigenvalue weighted by Gasteiger charge is -2.29. The van der Waals surface area contributed by atoms with Crippen LogP contribution in [0.3, 0.4) is 0 Å². The third kappa shape index (κ3) is 1.39. The lowest BCUT2D eigenvalue weighted by molar-refractivity contribution is -0.150. The second-order valence-electron chi connectivity index (χ2n) is 4.76. The molecule has 0 aromatic carbocycles. The summed E-state index contributed by atoms with van der Waals surface area (Å²) in [6, 6.07) is 0.197. The van der Waals surface area contributed by atoms with Crippen molar-refractivity contribution >= 4 is 5.91 Å². The standard InChI is InChI=1S/C11H19NO3/c1-5-7-8-6-15-11(2,3)12(8)10(13)9(7)14-4/h7-9H,5-6H2,1-4H3/t7-,8+,9+/m0/s1. The summed E-state index contributed by atoms with van der Waals surface area (Å²) < 4.78 is 11.0. The Hall–Kier alpha value is -0.610. The lowest BCUT2D eigenvalue weighted by atomic mass is 9.96. The largest absolute Gasteiger partial charge is 0.371 e. The third-order valence-electron chi connectivity index (χ3n) is 3.61. The summed E-state index contributed by atoms with van der Waals surface area (Å²) in [5, 5.41) is 0. The molecule has 0 bridgehead atoms. The second kappa shape index (κ2) is 3.46. The summed E-state index contributed by atoms with van der Waals surface area (Å²) in [5.74, 6) is 0.348. The van der Waals surface area contributed by atoms with E-state index in [4.69, 9.17) is 9.47 Å². The number of ether oxygens (including phenoxy) is 2. The molecule has 2 aliphatic rings. The van der Waals surface area contributed by atoms with Gasteiger partial charge in [-0.25, -0.2) is 0 Å². The normalized spacial score (nSPS) is 38.5. The molecule has 2 fully saturated rings. The molecule has 2 rings (SSSR count). The van der Waals surface area contributed by atoms with E-state index in [-0.39, 0.29) is 24.0 Å². The van der Waals surface area contributed by atoms with Gasteiger partial charge in [-0.05, 0) is 20.3 Å². The van der Waals surface area contributed by atoms with Crippen molar-refractivity contribution in [2.24, 2.45) is 5.92 Å². The quantitative estimate of drug-likeness (QED) is 0.687. The van der Waals surface area contributed by atoms with Crippen molar-refractivity contribution in [1.29, 1.82) is 0 Å². The molecule has 3 atom stereocenters. The molecule has 0 spiro atoms. The fourth-order valence-electron chi connectivity index (χ4n) is 2.86. The SMILES string of the molecule is CC[C@H]1[C@H]2COC(C)(C)N2C(=O)[C@@H]1OC. The molecule has 86 valence electrons. The van der Waals surface area contributed by atoms with Crippen LogP contribution in [-0.2, 0) is 14.3 Å². The molecular weight excluding hydrogens is 194 g/mol. The summed E-state index contributed by atoms with van der Waals surface area (Å²) in [7, 11) is 1.61. The van der Waals surface area contributed by atoms with Gasteiger partial charge in [-0.3, -0.25) is 4.79 Å². The summed E-state index contributed by atoms with van der Waals surface area (Å²) in [6.07, 6.45) is 0.674. The molecule has 0 saturated carbocycles. The number of amides is 1. The van der Waals surface area contributed by atoms with Gasteiger partial charge < -0.3 is 14.4 Å². The van der Waals surface area contributed by atoms with Crippen LogP contribution in [0.25, 0.3) is 0 Å². The number of carbonyl (C=O) groups is 1. The van der Waals surface area contributed by atoms with Gasteiger partial charge >= 0.3 is 0 Å². The minimum Gasteiger partial charge on any atom is -0.371 e. The van der Waals surface area contributed by atoms with Crippen LogP contribution in [0, 0.1) is 5.92 Å². The monoisotopic (exact) mass is 213 g/mol. The fraction of sp³-hybridized carbons (Fsp3) is 0.909. The van der Waals surface area contributed by atoms with Crippen LogP contribution >= 0.6 is 0 Å². The smallest absolute Gasteiger partial charge is 0.254 e. The molecule has 0 unspecified atom stereocenters. The Morgan fingerprint density at radius 1 is 1.60 bits per heavy atom. The van der Waals surface area contributed by atoms with Crippen LogP contribution in [0.1, 0.15) is 27.2 Å². The molecule has 1 amide bonds. The number of carbonyl (C=O) groups excluding carboxylic acids is 1. The molecule has 2 heterocycles. The van der Waals surface area contributed by atoms with E-state index >= 15 is 0 Å². The summed E-state index contributed by atoms with van der Waals surface area (Å²) in [6.45, 7) is 6.61. The molecule has 4 heteroatoms. The number of hydrogen-bond donors (Lipinski definition) is 0. The van der Waals surface area contributed by atoms with Crippen molar-refractivity contribution < 1.29 is 14.3 Å². The molecule has 4 nitrogen and oxygen atoms in total. The van der Waals surface area contributed by atoms with Crippen molar-refractivity contribution in [3.8, 4) is 0 Å². The van der Waals surface area contributed by atoms with Crippen molar-refractivity contribution in [3.05, 3.63) is 0 Å². The van der Waals surface area contributed by atoms with Crippen LogP contribution in [0.2, 0.25) is 0 Å². The Morgan fingerprint density at radius 2 is 2.27 bits per heavy atom. The first-order valence-electron chi connectivity index (χ1n) is 5.53. The van der Waals surface area contributed by atoms with Crippen LogP contribution in [0.4, 0.5) is 0 Å². The average Bonchev–Trinajstić information content (AvgIpc) is 2.63. The van der Waals surface area contributed by atoms with Crippen LogP contribution in [-0.4, -0.2) is 42.4 Å². The van der Waals surface area contributed by atoms with E-state index in [1.165, 1.54) is 0 Å². The first-order valence-corrected chi connectivity index (χ1v) is 5.53. The number of rotatable bonds is 2. The van der Waals surface area contributed by atoms with E-state index in [9.17, 15) is 4.79 Å². The zero-order chi connectivity index (χ0) is 11.2. The zero-order valence-corrected chi connectivity index (χ0v) is 9.82. The highest BCUT2D eigenvalue weighted by atomic mass is 16.5. The van der Waals surface area contributed by atoms with Gasteiger partial charge in [0.2, 0.25) is 0 Å². The predicted molar refractivity (Wildman–Crippen MR) is 55.2 cm³/mol. The molecule has 0 N–H and O–H groups in total. The number of fused-ring (bicyclic) bond motifs is 1. The van der Waals surface area contributed by atoms with E-state index < -0.39 is 5.72 Å². The molecule has 2 saturated heterocycles. The maximum atomic E-state index is 12.1. The van der Waals surface area contributed by atoms with Crippen molar-refractivity contribution in [3.63, 3.8) is 0 Å². The molecule has 0 aromatic heterocycles.